The molecule has 2 aromatic carbocycles. The smallest absolute Gasteiger partial charge is 0.403 e. The summed E-state index contributed by atoms with van der Waals surface area (Å²) in [6.07, 6.45) is 0. The SMILES string of the molecule is CB(On1nc2ccccc2n1)On1nc2ccccc2n1. The molecule has 0 amide bonds. The molecule has 0 aliphatic heterocycles. The van der Waals surface area contributed by atoms with E-state index in [0.717, 1.165) is 32.0 Å². The van der Waals surface area contributed by atoms with Gasteiger partial charge in [-0.2, -0.15) is 0 Å². The largest absolute Gasteiger partial charge is 0.637 e. The third-order valence-electron chi connectivity index (χ3n) is 3.02. The van der Waals surface area contributed by atoms with Gasteiger partial charge < -0.3 is 9.51 Å². The molecule has 2 aromatic heterocycles. The maximum absolute atomic E-state index is 5.47. The Morgan fingerprint density at radius 2 is 1.00 bits per heavy atom. The summed E-state index contributed by atoms with van der Waals surface area (Å²) in [7, 11) is -0.663. The van der Waals surface area contributed by atoms with Crippen LogP contribution in [0.25, 0.3) is 22.1 Å². The highest BCUT2D eigenvalue weighted by Crippen LogP contribution is 2.07. The number of aromatic nitrogens is 6. The third kappa shape index (κ3) is 2.32. The molecule has 0 saturated carbocycles. The Morgan fingerprint density at radius 1 is 0.682 bits per heavy atom. The van der Waals surface area contributed by atoms with Gasteiger partial charge in [0.1, 0.15) is 22.1 Å². The maximum atomic E-state index is 5.47. The van der Waals surface area contributed by atoms with E-state index in [1.165, 1.54) is 0 Å². The van der Waals surface area contributed by atoms with E-state index in [1.54, 1.807) is 6.82 Å². The van der Waals surface area contributed by atoms with Gasteiger partial charge in [-0.1, -0.05) is 24.3 Å². The summed E-state index contributed by atoms with van der Waals surface area (Å²) in [5.74, 6) is 0. The summed E-state index contributed by atoms with van der Waals surface area (Å²) in [5.41, 5.74) is 2.99. The molecule has 0 fully saturated rings. The second-order valence-electron chi connectivity index (χ2n) is 4.66. The lowest BCUT2D eigenvalue weighted by Gasteiger charge is -2.08. The Morgan fingerprint density at radius 3 is 1.32 bits per heavy atom. The van der Waals surface area contributed by atoms with E-state index in [0.29, 0.717) is 0 Å². The van der Waals surface area contributed by atoms with Crippen LogP contribution in [0.3, 0.4) is 0 Å². The molecule has 0 atom stereocenters. The summed E-state index contributed by atoms with van der Waals surface area (Å²) in [6.45, 7) is 1.71. The van der Waals surface area contributed by atoms with Crippen molar-refractivity contribution in [2.75, 3.05) is 0 Å². The van der Waals surface area contributed by atoms with Crippen molar-refractivity contribution in [3.8, 4) is 0 Å². The first-order valence-corrected chi connectivity index (χ1v) is 6.76. The van der Waals surface area contributed by atoms with Gasteiger partial charge in [0.2, 0.25) is 0 Å². The van der Waals surface area contributed by atoms with Gasteiger partial charge in [-0.3, -0.25) is 0 Å². The van der Waals surface area contributed by atoms with E-state index < -0.39 is 7.12 Å². The topological polar surface area (TPSA) is 79.9 Å². The molecule has 108 valence electrons. The lowest BCUT2D eigenvalue weighted by molar-refractivity contribution is 0.101. The molecule has 22 heavy (non-hydrogen) atoms. The van der Waals surface area contributed by atoms with Gasteiger partial charge in [-0.15, -0.1) is 20.4 Å². The first-order valence-electron chi connectivity index (χ1n) is 6.76. The second kappa shape index (κ2) is 5.03. The van der Waals surface area contributed by atoms with Crippen LogP contribution >= 0.6 is 0 Å². The molecule has 9 heteroatoms. The van der Waals surface area contributed by atoms with Crippen LogP contribution in [0.4, 0.5) is 0 Å². The van der Waals surface area contributed by atoms with Crippen molar-refractivity contribution >= 4 is 29.2 Å². The number of rotatable bonds is 4. The molecule has 0 spiro atoms. The van der Waals surface area contributed by atoms with E-state index in [9.17, 15) is 0 Å². The zero-order valence-corrected chi connectivity index (χ0v) is 11.7. The van der Waals surface area contributed by atoms with Crippen LogP contribution in [0.1, 0.15) is 0 Å². The molecule has 0 saturated heterocycles. The fourth-order valence-corrected chi connectivity index (χ4v) is 2.06. The summed E-state index contributed by atoms with van der Waals surface area (Å²) >= 11 is 0. The highest BCUT2D eigenvalue weighted by molar-refractivity contribution is 6.42. The lowest BCUT2D eigenvalue weighted by Crippen LogP contribution is -2.39. The number of nitrogens with zero attached hydrogens (tertiary/aromatic N) is 6. The molecule has 0 radical (unpaired) electrons. The van der Waals surface area contributed by atoms with Gasteiger partial charge >= 0.3 is 7.12 Å². The molecular formula is C13H11BN6O2. The first kappa shape index (κ1) is 12.6. The molecule has 4 aromatic rings. The minimum Gasteiger partial charge on any atom is -0.403 e. The first-order chi connectivity index (χ1) is 10.8. The van der Waals surface area contributed by atoms with Gasteiger partial charge in [0, 0.05) is 6.82 Å². The molecule has 0 bridgehead atoms. The van der Waals surface area contributed by atoms with Crippen LogP contribution in [0.15, 0.2) is 48.5 Å². The van der Waals surface area contributed by atoms with Crippen LogP contribution in [-0.4, -0.2) is 37.4 Å². The highest BCUT2D eigenvalue weighted by Gasteiger charge is 2.19. The number of hydrogen-bond donors (Lipinski definition) is 0. The number of hydrogen-bond acceptors (Lipinski definition) is 6. The van der Waals surface area contributed by atoms with Gasteiger partial charge in [0.25, 0.3) is 0 Å². The highest BCUT2D eigenvalue weighted by atomic mass is 16.8. The van der Waals surface area contributed by atoms with Crippen LogP contribution < -0.4 is 9.51 Å². The predicted molar refractivity (Wildman–Crippen MR) is 79.8 cm³/mol. The number of fused-ring (bicyclic) bond motifs is 2. The monoisotopic (exact) mass is 294 g/mol. The molecule has 2 heterocycles. The van der Waals surface area contributed by atoms with E-state index in [2.05, 4.69) is 20.4 Å². The zero-order chi connectivity index (χ0) is 14.9. The zero-order valence-electron chi connectivity index (χ0n) is 11.7. The van der Waals surface area contributed by atoms with Crippen molar-refractivity contribution < 1.29 is 9.51 Å². The van der Waals surface area contributed by atoms with Crippen LogP contribution in [0, 0.1) is 0 Å². The van der Waals surface area contributed by atoms with Crippen LogP contribution in [0.2, 0.25) is 6.82 Å². The maximum Gasteiger partial charge on any atom is 0.637 e. The third-order valence-corrected chi connectivity index (χ3v) is 3.02. The number of benzene rings is 2. The minimum absolute atomic E-state index is 0.663. The van der Waals surface area contributed by atoms with Gasteiger partial charge in [0.05, 0.1) is 0 Å². The van der Waals surface area contributed by atoms with E-state index in [4.69, 9.17) is 9.51 Å². The molecule has 4 rings (SSSR count). The molecule has 0 aliphatic rings. The van der Waals surface area contributed by atoms with Gasteiger partial charge in [-0.25, -0.2) is 0 Å². The van der Waals surface area contributed by atoms with Crippen molar-refractivity contribution in [3.05, 3.63) is 48.5 Å². The van der Waals surface area contributed by atoms with E-state index >= 15 is 0 Å². The van der Waals surface area contributed by atoms with Crippen LogP contribution in [-0.2, 0) is 0 Å². The quantitative estimate of drug-likeness (QED) is 0.519. The molecule has 0 aliphatic carbocycles. The van der Waals surface area contributed by atoms with Crippen LogP contribution in [0.5, 0.6) is 0 Å². The Kier molecular flexibility index (Phi) is 2.89. The fraction of sp³-hybridized carbons (Fsp3) is 0.0769. The van der Waals surface area contributed by atoms with Crippen molar-refractivity contribution in [1.82, 2.24) is 30.3 Å². The average molecular weight is 294 g/mol. The molecule has 8 nitrogen and oxygen atoms in total. The van der Waals surface area contributed by atoms with E-state index in [-0.39, 0.29) is 0 Å². The standard InChI is InChI=1S/C13H11BN6O2/c1-14(21-19-15-10-6-2-3-7-11(10)16-19)22-20-17-12-8-4-5-9-13(12)18-20/h2-9H,1H3. The Bertz CT molecular complexity index is 794. The van der Waals surface area contributed by atoms with E-state index in [1.807, 2.05) is 48.5 Å². The Hall–Kier alpha value is -3.10. The van der Waals surface area contributed by atoms with Crippen molar-refractivity contribution in [3.63, 3.8) is 0 Å². The molecule has 0 N–H and O–H groups in total. The van der Waals surface area contributed by atoms with Gasteiger partial charge in [0.15, 0.2) is 0 Å². The predicted octanol–water partition coefficient (Wildman–Crippen LogP) is 0.851. The van der Waals surface area contributed by atoms with Crippen molar-refractivity contribution in [1.29, 1.82) is 0 Å². The summed E-state index contributed by atoms with van der Waals surface area (Å²) in [5, 5.41) is 16.8. The normalized spacial score (nSPS) is 11.0. The average Bonchev–Trinajstić information content (AvgIpc) is 3.08. The summed E-state index contributed by atoms with van der Waals surface area (Å²) in [4.78, 5) is 2.27. The Labute approximate surface area is 125 Å². The van der Waals surface area contributed by atoms with Crippen molar-refractivity contribution in [2.24, 2.45) is 0 Å². The lowest BCUT2D eigenvalue weighted by atomic mass is 9.97. The summed E-state index contributed by atoms with van der Waals surface area (Å²) in [6, 6.07) is 15.0. The second-order valence-corrected chi connectivity index (χ2v) is 4.66. The van der Waals surface area contributed by atoms with Gasteiger partial charge in [-0.05, 0) is 34.2 Å². The Balaban J connectivity index is 1.50. The van der Waals surface area contributed by atoms with Crippen molar-refractivity contribution in [2.45, 2.75) is 6.82 Å². The molecule has 0 unspecified atom stereocenters. The fourth-order valence-electron chi connectivity index (χ4n) is 2.06. The minimum atomic E-state index is -0.663. The molecular weight excluding hydrogens is 283 g/mol. The summed E-state index contributed by atoms with van der Waals surface area (Å²) < 4.78 is 10.9.